The van der Waals surface area contributed by atoms with Crippen LogP contribution in [-0.4, -0.2) is 23.9 Å². The minimum atomic E-state index is 0.292. The molecule has 1 aliphatic rings. The Labute approximate surface area is 97.3 Å². The molecule has 1 atom stereocenters. The summed E-state index contributed by atoms with van der Waals surface area (Å²) in [6, 6.07) is 10.5. The lowest BCUT2D eigenvalue weighted by Crippen LogP contribution is -2.38. The number of hydrogen-bond acceptors (Lipinski definition) is 1. The van der Waals surface area contributed by atoms with E-state index in [1.165, 1.54) is 12.0 Å². The molecule has 16 heavy (non-hydrogen) atoms. The minimum Gasteiger partial charge on any atom is -0.342 e. The Bertz CT molecular complexity index is 347. The molecule has 1 aliphatic heterocycles. The van der Waals surface area contributed by atoms with E-state index in [1.54, 1.807) is 0 Å². The van der Waals surface area contributed by atoms with Gasteiger partial charge in [-0.25, -0.2) is 0 Å². The van der Waals surface area contributed by atoms with Crippen molar-refractivity contribution in [2.45, 2.75) is 32.1 Å². The van der Waals surface area contributed by atoms with E-state index in [4.69, 9.17) is 0 Å². The summed E-state index contributed by atoms with van der Waals surface area (Å²) in [5, 5.41) is 0. The van der Waals surface area contributed by atoms with Gasteiger partial charge in [0.25, 0.3) is 0 Å². The zero-order valence-corrected chi connectivity index (χ0v) is 9.86. The summed E-state index contributed by atoms with van der Waals surface area (Å²) in [5.41, 5.74) is 1.37. The van der Waals surface area contributed by atoms with Gasteiger partial charge in [-0.05, 0) is 18.4 Å². The molecule has 0 aromatic heterocycles. The van der Waals surface area contributed by atoms with Gasteiger partial charge in [-0.3, -0.25) is 4.79 Å². The topological polar surface area (TPSA) is 20.3 Å². The second kappa shape index (κ2) is 5.15. The van der Waals surface area contributed by atoms with Crippen molar-refractivity contribution in [1.82, 2.24) is 4.90 Å². The lowest BCUT2D eigenvalue weighted by molar-refractivity contribution is -0.132. The Hall–Kier alpha value is -1.31. The predicted octanol–water partition coefficient (Wildman–Crippen LogP) is 2.80. The van der Waals surface area contributed by atoms with Gasteiger partial charge in [0.05, 0.1) is 0 Å². The van der Waals surface area contributed by atoms with Crippen molar-refractivity contribution in [2.75, 3.05) is 13.1 Å². The second-order valence-electron chi connectivity index (χ2n) is 4.44. The van der Waals surface area contributed by atoms with Crippen LogP contribution in [0.4, 0.5) is 0 Å². The number of nitrogens with zero attached hydrogens (tertiary/aromatic N) is 1. The molecular weight excluding hydrogens is 198 g/mol. The molecule has 1 heterocycles. The highest BCUT2D eigenvalue weighted by Gasteiger charge is 2.23. The first-order chi connectivity index (χ1) is 7.81. The number of likely N-dealkylation sites (tertiary alicyclic amines) is 1. The first-order valence-corrected chi connectivity index (χ1v) is 6.14. The van der Waals surface area contributed by atoms with E-state index in [0.717, 1.165) is 19.5 Å². The van der Waals surface area contributed by atoms with E-state index in [-0.39, 0.29) is 0 Å². The fourth-order valence-corrected chi connectivity index (χ4v) is 2.42. The van der Waals surface area contributed by atoms with E-state index in [0.29, 0.717) is 18.2 Å². The zero-order valence-electron chi connectivity index (χ0n) is 9.86. The molecule has 0 unspecified atom stereocenters. The molecule has 1 saturated heterocycles. The van der Waals surface area contributed by atoms with Crippen LogP contribution in [0.25, 0.3) is 0 Å². The number of rotatable bonds is 2. The SMILES string of the molecule is CCC(=O)N1CCC[C@@H](c2ccccc2)C1. The Balaban J connectivity index is 2.05. The summed E-state index contributed by atoms with van der Waals surface area (Å²) in [6.45, 7) is 3.78. The summed E-state index contributed by atoms with van der Waals surface area (Å²) in [7, 11) is 0. The van der Waals surface area contributed by atoms with Gasteiger partial charge < -0.3 is 4.90 Å². The quantitative estimate of drug-likeness (QED) is 0.746. The van der Waals surface area contributed by atoms with Crippen LogP contribution >= 0.6 is 0 Å². The van der Waals surface area contributed by atoms with Gasteiger partial charge in [0, 0.05) is 25.4 Å². The maximum atomic E-state index is 11.7. The van der Waals surface area contributed by atoms with Gasteiger partial charge in [0.2, 0.25) is 5.91 Å². The molecule has 0 N–H and O–H groups in total. The fourth-order valence-electron chi connectivity index (χ4n) is 2.42. The van der Waals surface area contributed by atoms with E-state index in [9.17, 15) is 4.79 Å². The van der Waals surface area contributed by atoms with E-state index in [2.05, 4.69) is 24.3 Å². The lowest BCUT2D eigenvalue weighted by atomic mass is 9.90. The van der Waals surface area contributed by atoms with Gasteiger partial charge in [-0.1, -0.05) is 37.3 Å². The van der Waals surface area contributed by atoms with Crippen LogP contribution < -0.4 is 0 Å². The average molecular weight is 217 g/mol. The maximum Gasteiger partial charge on any atom is 0.222 e. The third kappa shape index (κ3) is 2.43. The predicted molar refractivity (Wildman–Crippen MR) is 65.3 cm³/mol. The molecule has 2 heteroatoms. The average Bonchev–Trinajstić information content (AvgIpc) is 2.39. The van der Waals surface area contributed by atoms with Crippen molar-refractivity contribution in [3.8, 4) is 0 Å². The van der Waals surface area contributed by atoms with Gasteiger partial charge in [-0.2, -0.15) is 0 Å². The third-order valence-corrected chi connectivity index (χ3v) is 3.35. The van der Waals surface area contributed by atoms with Gasteiger partial charge in [0.15, 0.2) is 0 Å². The van der Waals surface area contributed by atoms with Crippen LogP contribution in [0.2, 0.25) is 0 Å². The smallest absolute Gasteiger partial charge is 0.222 e. The monoisotopic (exact) mass is 217 g/mol. The van der Waals surface area contributed by atoms with E-state index < -0.39 is 0 Å². The second-order valence-corrected chi connectivity index (χ2v) is 4.44. The molecule has 86 valence electrons. The Morgan fingerprint density at radius 3 is 2.81 bits per heavy atom. The van der Waals surface area contributed by atoms with Crippen LogP contribution in [0.1, 0.15) is 37.7 Å². The number of carbonyl (C=O) groups is 1. The fraction of sp³-hybridized carbons (Fsp3) is 0.500. The van der Waals surface area contributed by atoms with Crippen LogP contribution in [-0.2, 0) is 4.79 Å². The number of carbonyl (C=O) groups excluding carboxylic acids is 1. The van der Waals surface area contributed by atoms with Crippen molar-refractivity contribution in [3.05, 3.63) is 35.9 Å². The summed E-state index contributed by atoms with van der Waals surface area (Å²) in [4.78, 5) is 13.7. The number of piperidine rings is 1. The maximum absolute atomic E-state index is 11.7. The summed E-state index contributed by atoms with van der Waals surface area (Å²) in [6.07, 6.45) is 2.96. The largest absolute Gasteiger partial charge is 0.342 e. The highest BCUT2D eigenvalue weighted by Crippen LogP contribution is 2.26. The molecule has 0 saturated carbocycles. The molecule has 0 spiro atoms. The number of amides is 1. The first-order valence-electron chi connectivity index (χ1n) is 6.14. The summed E-state index contributed by atoms with van der Waals surface area (Å²) in [5.74, 6) is 0.825. The normalized spacial score (nSPS) is 20.8. The molecule has 2 rings (SSSR count). The van der Waals surface area contributed by atoms with Crippen molar-refractivity contribution in [1.29, 1.82) is 0 Å². The third-order valence-electron chi connectivity index (χ3n) is 3.35. The zero-order chi connectivity index (χ0) is 11.4. The summed E-state index contributed by atoms with van der Waals surface area (Å²) < 4.78 is 0. The van der Waals surface area contributed by atoms with Crippen molar-refractivity contribution in [3.63, 3.8) is 0 Å². The van der Waals surface area contributed by atoms with Crippen LogP contribution in [0, 0.1) is 0 Å². The van der Waals surface area contributed by atoms with Crippen molar-refractivity contribution in [2.24, 2.45) is 0 Å². The molecule has 1 aromatic rings. The highest BCUT2D eigenvalue weighted by molar-refractivity contribution is 5.76. The van der Waals surface area contributed by atoms with E-state index in [1.807, 2.05) is 17.9 Å². The van der Waals surface area contributed by atoms with Gasteiger partial charge in [0.1, 0.15) is 0 Å². The molecule has 0 bridgehead atoms. The first kappa shape index (κ1) is 11.2. The standard InChI is InChI=1S/C14H19NO/c1-2-14(16)15-10-6-9-13(11-15)12-7-4-3-5-8-12/h3-5,7-8,13H,2,6,9-11H2,1H3/t13-/m1/s1. The molecular formula is C14H19NO. The van der Waals surface area contributed by atoms with Crippen LogP contribution in [0.5, 0.6) is 0 Å². The number of benzene rings is 1. The molecule has 2 nitrogen and oxygen atoms in total. The van der Waals surface area contributed by atoms with Gasteiger partial charge >= 0.3 is 0 Å². The number of hydrogen-bond donors (Lipinski definition) is 0. The van der Waals surface area contributed by atoms with Crippen molar-refractivity contribution >= 4 is 5.91 Å². The van der Waals surface area contributed by atoms with Crippen molar-refractivity contribution < 1.29 is 4.79 Å². The molecule has 1 fully saturated rings. The van der Waals surface area contributed by atoms with E-state index >= 15 is 0 Å². The Morgan fingerprint density at radius 1 is 1.38 bits per heavy atom. The van der Waals surface area contributed by atoms with Crippen LogP contribution in [0.15, 0.2) is 30.3 Å². The molecule has 0 aliphatic carbocycles. The van der Waals surface area contributed by atoms with Gasteiger partial charge in [-0.15, -0.1) is 0 Å². The Kier molecular flexibility index (Phi) is 3.60. The molecule has 1 amide bonds. The molecule has 1 aromatic carbocycles. The Morgan fingerprint density at radius 2 is 2.12 bits per heavy atom. The molecule has 0 radical (unpaired) electrons. The highest BCUT2D eigenvalue weighted by atomic mass is 16.2. The minimum absolute atomic E-state index is 0.292. The lowest BCUT2D eigenvalue weighted by Gasteiger charge is -2.33. The van der Waals surface area contributed by atoms with Crippen LogP contribution in [0.3, 0.4) is 0 Å². The summed E-state index contributed by atoms with van der Waals surface area (Å²) >= 11 is 0.